The first-order valence-corrected chi connectivity index (χ1v) is 17.6. The van der Waals surface area contributed by atoms with Crippen LogP contribution >= 0.6 is 0 Å². The van der Waals surface area contributed by atoms with E-state index in [1.54, 1.807) is 6.07 Å². The lowest BCUT2D eigenvalue weighted by Crippen LogP contribution is -2.62. The van der Waals surface area contributed by atoms with Crippen LogP contribution < -0.4 is 15.0 Å². The highest BCUT2D eigenvalue weighted by molar-refractivity contribution is 6.05. The average Bonchev–Trinajstić information content (AvgIpc) is 3.76. The molecule has 5 aliphatic rings. The molecule has 3 aromatic carbocycles. The van der Waals surface area contributed by atoms with E-state index >= 15 is 4.39 Å². The van der Waals surface area contributed by atoms with Gasteiger partial charge in [0.15, 0.2) is 5.82 Å². The number of aryl methyl sites for hydroxylation is 1. The fraction of sp³-hybridized carbons (Fsp3) is 0.487. The highest BCUT2D eigenvalue weighted by Crippen LogP contribution is 2.50. The standard InChI is InChI=1S/C39H41F2N5O3/c1-3-28-31(40)8-5-24-16-27(47)17-29(33(24)28)32-23(2)15-30-35(34(32)41)43-37(44-36(30)45-18-25-6-7-26(19-45)42-25)49-21-38(11-12-38)20-46-13-14-48-22-39(46)9-4-10-39/h1,5,8,15-17,25-26,42,47H,4,6-7,9-14,18-22H2,2H3. The maximum absolute atomic E-state index is 17.2. The molecule has 254 valence electrons. The zero-order valence-corrected chi connectivity index (χ0v) is 27.8. The van der Waals surface area contributed by atoms with Gasteiger partial charge >= 0.3 is 6.01 Å². The number of rotatable bonds is 7. The van der Waals surface area contributed by atoms with E-state index in [9.17, 15) is 9.50 Å². The fourth-order valence-electron chi connectivity index (χ4n) is 8.89. The normalized spacial score (nSPS) is 23.9. The van der Waals surface area contributed by atoms with Crippen LogP contribution in [-0.2, 0) is 4.74 Å². The van der Waals surface area contributed by atoms with Gasteiger partial charge in [-0.05, 0) is 92.6 Å². The van der Waals surface area contributed by atoms with Crippen LogP contribution in [0.2, 0.25) is 0 Å². The van der Waals surface area contributed by atoms with Crippen molar-refractivity contribution in [2.75, 3.05) is 50.9 Å². The fourth-order valence-corrected chi connectivity index (χ4v) is 8.89. The van der Waals surface area contributed by atoms with Gasteiger partial charge in [0.25, 0.3) is 0 Å². The molecule has 2 N–H and O–H groups in total. The van der Waals surface area contributed by atoms with Crippen molar-refractivity contribution < 1.29 is 23.4 Å². The summed E-state index contributed by atoms with van der Waals surface area (Å²) in [5, 5.41) is 15.9. The minimum Gasteiger partial charge on any atom is -0.508 e. The van der Waals surface area contributed by atoms with E-state index in [0.29, 0.717) is 51.8 Å². The van der Waals surface area contributed by atoms with E-state index in [0.717, 1.165) is 65.1 Å². The molecule has 4 aromatic rings. The average molecular weight is 666 g/mol. The molecule has 3 aliphatic heterocycles. The molecule has 8 nitrogen and oxygen atoms in total. The van der Waals surface area contributed by atoms with Crippen LogP contribution in [0.25, 0.3) is 32.8 Å². The van der Waals surface area contributed by atoms with Crippen LogP contribution in [0.1, 0.15) is 56.1 Å². The third kappa shape index (κ3) is 5.20. The molecule has 0 amide bonds. The summed E-state index contributed by atoms with van der Waals surface area (Å²) >= 11 is 0. The smallest absolute Gasteiger partial charge is 0.319 e. The second-order valence-corrected chi connectivity index (χ2v) is 15.2. The lowest BCUT2D eigenvalue weighted by molar-refractivity contribution is -0.115. The Labute approximate surface area is 284 Å². The molecule has 2 atom stereocenters. The quantitative estimate of drug-likeness (QED) is 0.230. The number of fused-ring (bicyclic) bond motifs is 4. The summed E-state index contributed by atoms with van der Waals surface area (Å²) in [6.45, 7) is 7.24. The molecule has 4 heterocycles. The maximum atomic E-state index is 17.2. The van der Waals surface area contributed by atoms with E-state index in [2.05, 4.69) is 21.0 Å². The van der Waals surface area contributed by atoms with Gasteiger partial charge in [-0.25, -0.2) is 8.78 Å². The second-order valence-electron chi connectivity index (χ2n) is 15.2. The van der Waals surface area contributed by atoms with Crippen LogP contribution in [-0.4, -0.2) is 83.6 Å². The first-order valence-electron chi connectivity index (χ1n) is 17.6. The van der Waals surface area contributed by atoms with Crippen LogP contribution in [0, 0.1) is 36.3 Å². The van der Waals surface area contributed by atoms with E-state index < -0.39 is 11.6 Å². The minimum atomic E-state index is -0.581. The summed E-state index contributed by atoms with van der Waals surface area (Å²) < 4.78 is 44.6. The van der Waals surface area contributed by atoms with E-state index in [1.807, 2.05) is 13.0 Å². The number of ether oxygens (including phenoxy) is 2. The SMILES string of the molecule is C#Cc1c(F)ccc2cc(O)cc(-c3c(C)cc4c(N5CC6CCC(C5)N6)nc(OCC5(CN6CCOCC67CCC7)CC5)nc4c3F)c12. The van der Waals surface area contributed by atoms with Crippen molar-refractivity contribution >= 4 is 27.5 Å². The molecule has 3 saturated heterocycles. The number of piperazine rings is 1. The first-order chi connectivity index (χ1) is 23.7. The topological polar surface area (TPSA) is 83.0 Å². The number of benzene rings is 3. The number of phenols is 1. The summed E-state index contributed by atoms with van der Waals surface area (Å²) in [6.07, 6.45) is 13.7. The van der Waals surface area contributed by atoms with E-state index in [1.165, 1.54) is 37.5 Å². The van der Waals surface area contributed by atoms with Crippen molar-refractivity contribution in [3.63, 3.8) is 0 Å². The molecule has 49 heavy (non-hydrogen) atoms. The van der Waals surface area contributed by atoms with Crippen LogP contribution in [0.15, 0.2) is 30.3 Å². The molecular weight excluding hydrogens is 624 g/mol. The van der Waals surface area contributed by atoms with Crippen LogP contribution in [0.5, 0.6) is 11.8 Å². The van der Waals surface area contributed by atoms with Gasteiger partial charge in [-0.1, -0.05) is 12.0 Å². The monoisotopic (exact) mass is 665 g/mol. The van der Waals surface area contributed by atoms with Gasteiger partial charge in [0, 0.05) is 65.6 Å². The van der Waals surface area contributed by atoms with Crippen molar-refractivity contribution in [2.45, 2.75) is 69.5 Å². The Bertz CT molecular complexity index is 2030. The first kappa shape index (κ1) is 31.0. The molecule has 10 heteroatoms. The van der Waals surface area contributed by atoms with Gasteiger partial charge < -0.3 is 24.8 Å². The number of aromatic hydroxyl groups is 1. The largest absolute Gasteiger partial charge is 0.508 e. The molecule has 2 saturated carbocycles. The number of aromatic nitrogens is 2. The Morgan fingerprint density at radius 3 is 2.61 bits per heavy atom. The second kappa shape index (κ2) is 11.5. The lowest BCUT2D eigenvalue weighted by Gasteiger charge is -2.53. The summed E-state index contributed by atoms with van der Waals surface area (Å²) in [5.41, 5.74) is 1.46. The van der Waals surface area contributed by atoms with Crippen molar-refractivity contribution in [1.29, 1.82) is 0 Å². The highest BCUT2D eigenvalue weighted by atomic mass is 19.1. The van der Waals surface area contributed by atoms with Crippen molar-refractivity contribution in [2.24, 2.45) is 5.41 Å². The van der Waals surface area contributed by atoms with Gasteiger partial charge in [0.2, 0.25) is 0 Å². The van der Waals surface area contributed by atoms with Crippen molar-refractivity contribution in [3.8, 4) is 35.2 Å². The number of morpholine rings is 1. The Hall–Kier alpha value is -4.04. The summed E-state index contributed by atoms with van der Waals surface area (Å²) in [6, 6.07) is 8.52. The predicted octanol–water partition coefficient (Wildman–Crippen LogP) is 6.08. The number of hydrogen-bond acceptors (Lipinski definition) is 8. The molecule has 0 radical (unpaired) electrons. The number of nitrogens with zero attached hydrogens (tertiary/aromatic N) is 4. The van der Waals surface area contributed by atoms with E-state index in [-0.39, 0.29) is 39.4 Å². The third-order valence-corrected chi connectivity index (χ3v) is 11.9. The number of halogens is 2. The van der Waals surface area contributed by atoms with Gasteiger partial charge in [0.1, 0.15) is 22.9 Å². The van der Waals surface area contributed by atoms with Gasteiger partial charge in [0.05, 0.1) is 25.4 Å². The molecular formula is C39H41F2N5O3. The zero-order chi connectivity index (χ0) is 33.5. The molecule has 2 bridgehead atoms. The Morgan fingerprint density at radius 1 is 1.10 bits per heavy atom. The molecule has 2 unspecified atom stereocenters. The van der Waals surface area contributed by atoms with Crippen LogP contribution in [0.4, 0.5) is 14.6 Å². The van der Waals surface area contributed by atoms with E-state index in [4.69, 9.17) is 25.9 Å². The van der Waals surface area contributed by atoms with Crippen molar-refractivity contribution in [3.05, 3.63) is 53.1 Å². The zero-order valence-electron chi connectivity index (χ0n) is 27.8. The Morgan fingerprint density at radius 2 is 1.90 bits per heavy atom. The van der Waals surface area contributed by atoms with Crippen LogP contribution in [0.3, 0.4) is 0 Å². The van der Waals surface area contributed by atoms with Gasteiger partial charge in [-0.3, -0.25) is 4.90 Å². The molecule has 1 aromatic heterocycles. The highest BCUT2D eigenvalue weighted by Gasteiger charge is 2.52. The predicted molar refractivity (Wildman–Crippen MR) is 185 cm³/mol. The van der Waals surface area contributed by atoms with Gasteiger partial charge in [-0.2, -0.15) is 9.97 Å². The molecule has 2 aliphatic carbocycles. The molecule has 9 rings (SSSR count). The summed E-state index contributed by atoms with van der Waals surface area (Å²) in [5.74, 6) is 1.88. The lowest BCUT2D eigenvalue weighted by atomic mass is 9.74. The Kier molecular flexibility index (Phi) is 7.28. The number of terminal acetylenes is 1. The maximum Gasteiger partial charge on any atom is 0.319 e. The Balaban J connectivity index is 1.14. The minimum absolute atomic E-state index is 0.0136. The molecule has 1 spiro atoms. The van der Waals surface area contributed by atoms with Crippen molar-refractivity contribution in [1.82, 2.24) is 20.2 Å². The number of nitrogens with one attached hydrogen (secondary N) is 1. The summed E-state index contributed by atoms with van der Waals surface area (Å²) in [7, 11) is 0. The molecule has 5 fully saturated rings. The number of anilines is 1. The number of phenolic OH excluding ortho intramolecular Hbond substituents is 1. The number of hydrogen-bond donors (Lipinski definition) is 2. The summed E-state index contributed by atoms with van der Waals surface area (Å²) in [4.78, 5) is 14.6. The third-order valence-electron chi connectivity index (χ3n) is 11.9. The van der Waals surface area contributed by atoms with Gasteiger partial charge in [-0.15, -0.1) is 6.42 Å².